The molecule has 0 atom stereocenters. The average molecular weight is 317 g/mol. The van der Waals surface area contributed by atoms with E-state index in [4.69, 9.17) is 4.74 Å². The standard InChI is InChI=1S/C16H19N3O2S/c1-10(2)15(20)21-13-7-5-6-12(9-13)18-14-8-11(3)17-16(19-14)22-4/h5-10H,1-4H3,(H,17,18,19). The maximum absolute atomic E-state index is 11.6. The van der Waals surface area contributed by atoms with Gasteiger partial charge in [-0.05, 0) is 25.3 Å². The van der Waals surface area contributed by atoms with Crippen LogP contribution in [0.4, 0.5) is 11.5 Å². The van der Waals surface area contributed by atoms with Gasteiger partial charge >= 0.3 is 5.97 Å². The van der Waals surface area contributed by atoms with Crippen molar-refractivity contribution >= 4 is 29.2 Å². The number of nitrogens with one attached hydrogen (secondary N) is 1. The highest BCUT2D eigenvalue weighted by molar-refractivity contribution is 7.98. The zero-order valence-corrected chi connectivity index (χ0v) is 13.9. The van der Waals surface area contributed by atoms with Gasteiger partial charge in [-0.2, -0.15) is 0 Å². The number of nitrogens with zero attached hydrogens (tertiary/aromatic N) is 2. The molecule has 0 saturated heterocycles. The highest BCUT2D eigenvalue weighted by Crippen LogP contribution is 2.22. The van der Waals surface area contributed by atoms with Crippen molar-refractivity contribution in [1.82, 2.24) is 9.97 Å². The lowest BCUT2D eigenvalue weighted by Gasteiger charge is -2.10. The van der Waals surface area contributed by atoms with Crippen LogP contribution in [0.25, 0.3) is 0 Å². The van der Waals surface area contributed by atoms with Crippen LogP contribution < -0.4 is 10.1 Å². The fraction of sp³-hybridized carbons (Fsp3) is 0.312. The molecule has 0 saturated carbocycles. The molecule has 2 aromatic rings. The maximum Gasteiger partial charge on any atom is 0.313 e. The van der Waals surface area contributed by atoms with Crippen molar-refractivity contribution in [2.45, 2.75) is 25.9 Å². The molecule has 1 aromatic carbocycles. The topological polar surface area (TPSA) is 64.1 Å². The van der Waals surface area contributed by atoms with E-state index >= 15 is 0 Å². The molecule has 0 unspecified atom stereocenters. The number of carbonyl (C=O) groups is 1. The van der Waals surface area contributed by atoms with Gasteiger partial charge in [0.2, 0.25) is 0 Å². The van der Waals surface area contributed by atoms with Gasteiger partial charge in [0.25, 0.3) is 0 Å². The first-order chi connectivity index (χ1) is 10.5. The molecule has 0 aliphatic rings. The van der Waals surface area contributed by atoms with Gasteiger partial charge in [-0.3, -0.25) is 4.79 Å². The summed E-state index contributed by atoms with van der Waals surface area (Å²) in [7, 11) is 0. The summed E-state index contributed by atoms with van der Waals surface area (Å²) in [5.41, 5.74) is 1.70. The molecule has 0 spiro atoms. The Morgan fingerprint density at radius 3 is 2.73 bits per heavy atom. The zero-order valence-electron chi connectivity index (χ0n) is 13.1. The second kappa shape index (κ2) is 7.26. The zero-order chi connectivity index (χ0) is 16.1. The second-order valence-corrected chi connectivity index (χ2v) is 5.88. The molecule has 0 aliphatic heterocycles. The van der Waals surface area contributed by atoms with Crippen LogP contribution in [-0.2, 0) is 4.79 Å². The van der Waals surface area contributed by atoms with E-state index in [2.05, 4.69) is 15.3 Å². The quantitative estimate of drug-likeness (QED) is 0.391. The van der Waals surface area contributed by atoms with Gasteiger partial charge < -0.3 is 10.1 Å². The van der Waals surface area contributed by atoms with E-state index in [1.54, 1.807) is 26.0 Å². The minimum atomic E-state index is -0.250. The predicted molar refractivity (Wildman–Crippen MR) is 88.7 cm³/mol. The molecule has 0 bridgehead atoms. The third-order valence-electron chi connectivity index (χ3n) is 2.81. The lowest BCUT2D eigenvalue weighted by atomic mass is 10.2. The molecule has 1 heterocycles. The van der Waals surface area contributed by atoms with Crippen LogP contribution in [0.3, 0.4) is 0 Å². The van der Waals surface area contributed by atoms with Crippen molar-refractivity contribution in [2.75, 3.05) is 11.6 Å². The highest BCUT2D eigenvalue weighted by atomic mass is 32.2. The van der Waals surface area contributed by atoms with E-state index in [0.29, 0.717) is 16.7 Å². The van der Waals surface area contributed by atoms with Gasteiger partial charge in [0.1, 0.15) is 11.6 Å². The van der Waals surface area contributed by atoms with Crippen LogP contribution in [0.1, 0.15) is 19.5 Å². The number of esters is 1. The van der Waals surface area contributed by atoms with Gasteiger partial charge in [-0.15, -0.1) is 0 Å². The molecule has 1 aromatic heterocycles. The lowest BCUT2D eigenvalue weighted by molar-refractivity contribution is -0.137. The summed E-state index contributed by atoms with van der Waals surface area (Å²) in [6.07, 6.45) is 1.94. The Balaban J connectivity index is 2.16. The van der Waals surface area contributed by atoms with E-state index in [9.17, 15) is 4.79 Å². The molecule has 5 nitrogen and oxygen atoms in total. The molecule has 22 heavy (non-hydrogen) atoms. The Morgan fingerprint density at radius 1 is 1.27 bits per heavy atom. The third-order valence-corrected chi connectivity index (χ3v) is 3.36. The Hall–Kier alpha value is -2.08. The maximum atomic E-state index is 11.6. The third kappa shape index (κ3) is 4.46. The number of rotatable bonds is 5. The number of aromatic nitrogens is 2. The lowest BCUT2D eigenvalue weighted by Crippen LogP contribution is -2.14. The number of thioether (sulfide) groups is 1. The van der Waals surface area contributed by atoms with Gasteiger partial charge in [-0.25, -0.2) is 9.97 Å². The second-order valence-electron chi connectivity index (χ2n) is 5.11. The van der Waals surface area contributed by atoms with Gasteiger partial charge in [0.15, 0.2) is 5.16 Å². The van der Waals surface area contributed by atoms with Crippen molar-refractivity contribution < 1.29 is 9.53 Å². The molecular weight excluding hydrogens is 298 g/mol. The van der Waals surface area contributed by atoms with E-state index < -0.39 is 0 Å². The Labute approximate surface area is 134 Å². The minimum Gasteiger partial charge on any atom is -0.426 e. The Bertz CT molecular complexity index is 674. The number of carbonyl (C=O) groups excluding carboxylic acids is 1. The molecule has 116 valence electrons. The molecule has 0 radical (unpaired) electrons. The van der Waals surface area contributed by atoms with Crippen LogP contribution in [-0.4, -0.2) is 22.2 Å². The van der Waals surface area contributed by atoms with Crippen molar-refractivity contribution in [1.29, 1.82) is 0 Å². The van der Waals surface area contributed by atoms with Crippen molar-refractivity contribution in [3.05, 3.63) is 36.0 Å². The van der Waals surface area contributed by atoms with Gasteiger partial charge in [0.05, 0.1) is 5.92 Å². The number of aryl methyl sites for hydroxylation is 1. The number of ether oxygens (including phenoxy) is 1. The first kappa shape index (κ1) is 16.3. The summed E-state index contributed by atoms with van der Waals surface area (Å²) in [5, 5.41) is 3.92. The first-order valence-corrected chi connectivity index (χ1v) is 8.19. The van der Waals surface area contributed by atoms with Crippen LogP contribution >= 0.6 is 11.8 Å². The average Bonchev–Trinajstić information content (AvgIpc) is 2.46. The highest BCUT2D eigenvalue weighted by Gasteiger charge is 2.10. The summed E-state index contributed by atoms with van der Waals surface area (Å²) in [5.74, 6) is 0.814. The minimum absolute atomic E-state index is 0.162. The summed E-state index contributed by atoms with van der Waals surface area (Å²) >= 11 is 1.49. The summed E-state index contributed by atoms with van der Waals surface area (Å²) in [6.45, 7) is 5.53. The number of hydrogen-bond acceptors (Lipinski definition) is 6. The number of hydrogen-bond donors (Lipinski definition) is 1. The van der Waals surface area contributed by atoms with E-state index in [-0.39, 0.29) is 11.9 Å². The molecular formula is C16H19N3O2S. The van der Waals surface area contributed by atoms with Crippen LogP contribution in [0, 0.1) is 12.8 Å². The monoisotopic (exact) mass is 317 g/mol. The van der Waals surface area contributed by atoms with Crippen LogP contribution in [0.5, 0.6) is 5.75 Å². The largest absolute Gasteiger partial charge is 0.426 e. The summed E-state index contributed by atoms with van der Waals surface area (Å²) in [4.78, 5) is 20.4. The normalized spacial score (nSPS) is 10.6. The molecule has 0 amide bonds. The first-order valence-electron chi connectivity index (χ1n) is 6.96. The van der Waals surface area contributed by atoms with E-state index in [0.717, 1.165) is 11.4 Å². The van der Waals surface area contributed by atoms with Crippen molar-refractivity contribution in [3.63, 3.8) is 0 Å². The number of benzene rings is 1. The van der Waals surface area contributed by atoms with Gasteiger partial charge in [-0.1, -0.05) is 31.7 Å². The Kier molecular flexibility index (Phi) is 5.38. The SMILES string of the molecule is CSc1nc(C)cc(Nc2cccc(OC(=O)C(C)C)c2)n1. The van der Waals surface area contributed by atoms with Crippen LogP contribution in [0.2, 0.25) is 0 Å². The fourth-order valence-corrected chi connectivity index (χ4v) is 2.14. The molecule has 6 heteroatoms. The Morgan fingerprint density at radius 2 is 2.05 bits per heavy atom. The smallest absolute Gasteiger partial charge is 0.313 e. The van der Waals surface area contributed by atoms with E-state index in [1.165, 1.54) is 11.8 Å². The molecule has 0 aliphatic carbocycles. The van der Waals surface area contributed by atoms with Crippen LogP contribution in [0.15, 0.2) is 35.5 Å². The summed E-state index contributed by atoms with van der Waals surface area (Å²) < 4.78 is 5.31. The summed E-state index contributed by atoms with van der Waals surface area (Å²) in [6, 6.07) is 9.12. The molecule has 0 fully saturated rings. The van der Waals surface area contributed by atoms with E-state index in [1.807, 2.05) is 31.4 Å². The van der Waals surface area contributed by atoms with Crippen molar-refractivity contribution in [3.8, 4) is 5.75 Å². The predicted octanol–water partition coefficient (Wildman–Crippen LogP) is 3.81. The number of anilines is 2. The molecule has 2 rings (SSSR count). The van der Waals surface area contributed by atoms with Crippen molar-refractivity contribution in [2.24, 2.45) is 5.92 Å². The fourth-order valence-electron chi connectivity index (χ4n) is 1.72. The molecule has 1 N–H and O–H groups in total. The van der Waals surface area contributed by atoms with Gasteiger partial charge in [0, 0.05) is 23.5 Å².